The molecule has 2 unspecified atom stereocenters. The topological polar surface area (TPSA) is 136 Å². The normalized spacial score (nSPS) is 14.6. The van der Waals surface area contributed by atoms with Crippen molar-refractivity contribution in [1.82, 2.24) is 0 Å². The Bertz CT molecular complexity index is 497. The number of nitrogens with zero attached hydrogens (tertiary/aromatic N) is 1. The molecule has 39 heavy (non-hydrogen) atoms. The van der Waals surface area contributed by atoms with E-state index in [9.17, 15) is 20.4 Å². The molecule has 0 aromatic heterocycles. The largest absolute Gasteiger partial charge is 0.501 e. The number of aliphatic hydroxyl groups excluding tert-OH is 4. The van der Waals surface area contributed by atoms with Gasteiger partial charge >= 0.3 is 17.6 Å². The second kappa shape index (κ2) is 22.6. The van der Waals surface area contributed by atoms with Crippen molar-refractivity contribution in [1.29, 1.82) is 0 Å². The SMILES string of the molecule is CCO[Si](CCC[N+](CCC[Si](OCC)(OCC)OCC)(CCC(O)CO)CCC(O)CO)(OCC)OCC. The number of rotatable bonds is 28. The van der Waals surface area contributed by atoms with Crippen molar-refractivity contribution in [3.8, 4) is 0 Å². The van der Waals surface area contributed by atoms with Gasteiger partial charge in [-0.1, -0.05) is 0 Å². The molecule has 0 radical (unpaired) electrons. The minimum Gasteiger partial charge on any atom is -0.394 e. The summed E-state index contributed by atoms with van der Waals surface area (Å²) in [5.74, 6) is 0. The van der Waals surface area contributed by atoms with E-state index in [-0.39, 0.29) is 13.2 Å². The molecular formula is C26H60NO10Si2+. The van der Waals surface area contributed by atoms with Gasteiger partial charge in [0.2, 0.25) is 0 Å². The van der Waals surface area contributed by atoms with Crippen molar-refractivity contribution in [3.63, 3.8) is 0 Å². The van der Waals surface area contributed by atoms with Crippen LogP contribution in [0.25, 0.3) is 0 Å². The second-order valence-corrected chi connectivity index (χ2v) is 15.1. The van der Waals surface area contributed by atoms with Gasteiger partial charge in [-0.05, 0) is 41.5 Å². The molecule has 0 saturated carbocycles. The summed E-state index contributed by atoms with van der Waals surface area (Å²) in [5, 5.41) is 39.4. The first kappa shape index (κ1) is 39.0. The lowest BCUT2D eigenvalue weighted by molar-refractivity contribution is -0.929. The van der Waals surface area contributed by atoms with Crippen molar-refractivity contribution >= 4 is 17.6 Å². The Morgan fingerprint density at radius 3 is 1.03 bits per heavy atom. The lowest BCUT2D eigenvalue weighted by atomic mass is 10.1. The van der Waals surface area contributed by atoms with E-state index in [4.69, 9.17) is 26.6 Å². The maximum atomic E-state index is 10.2. The van der Waals surface area contributed by atoms with E-state index in [0.717, 1.165) is 25.9 Å². The summed E-state index contributed by atoms with van der Waals surface area (Å²) < 4.78 is 37.0. The van der Waals surface area contributed by atoms with E-state index in [2.05, 4.69) is 0 Å². The van der Waals surface area contributed by atoms with Crippen LogP contribution in [0, 0.1) is 0 Å². The Morgan fingerprint density at radius 2 is 0.795 bits per heavy atom. The van der Waals surface area contributed by atoms with E-state index < -0.39 is 29.8 Å². The van der Waals surface area contributed by atoms with Crippen molar-refractivity contribution < 1.29 is 51.5 Å². The van der Waals surface area contributed by atoms with Crippen LogP contribution in [0.4, 0.5) is 0 Å². The van der Waals surface area contributed by atoms with Crippen molar-refractivity contribution in [2.24, 2.45) is 0 Å². The number of hydrogen-bond acceptors (Lipinski definition) is 10. The van der Waals surface area contributed by atoms with E-state index in [0.29, 0.717) is 82.1 Å². The second-order valence-electron chi connectivity index (χ2n) is 9.66. The highest BCUT2D eigenvalue weighted by atomic mass is 28.4. The predicted octanol–water partition coefficient (Wildman–Crippen LogP) is 2.17. The predicted molar refractivity (Wildman–Crippen MR) is 155 cm³/mol. The molecular weight excluding hydrogens is 542 g/mol. The number of hydrogen-bond donors (Lipinski definition) is 4. The highest BCUT2D eigenvalue weighted by molar-refractivity contribution is 6.61. The first-order valence-corrected chi connectivity index (χ1v) is 18.8. The van der Waals surface area contributed by atoms with E-state index in [1.165, 1.54) is 0 Å². The number of quaternary nitrogens is 1. The zero-order valence-corrected chi connectivity index (χ0v) is 27.6. The Hall–Kier alpha value is -0.00623. The van der Waals surface area contributed by atoms with Crippen molar-refractivity contribution in [3.05, 3.63) is 0 Å². The van der Waals surface area contributed by atoms with Crippen LogP contribution >= 0.6 is 0 Å². The van der Waals surface area contributed by atoms with Gasteiger partial charge in [-0.2, -0.15) is 0 Å². The van der Waals surface area contributed by atoms with Gasteiger partial charge in [-0.3, -0.25) is 0 Å². The quantitative estimate of drug-likeness (QED) is 0.0779. The third-order valence-corrected chi connectivity index (χ3v) is 13.0. The summed E-state index contributed by atoms with van der Waals surface area (Å²) in [6, 6.07) is 1.31. The molecule has 0 spiro atoms. The van der Waals surface area contributed by atoms with Crippen LogP contribution in [-0.4, -0.2) is 134 Å². The molecule has 0 heterocycles. The molecule has 13 heteroatoms. The average Bonchev–Trinajstić information content (AvgIpc) is 2.91. The zero-order chi connectivity index (χ0) is 29.6. The zero-order valence-electron chi connectivity index (χ0n) is 25.6. The molecule has 0 fully saturated rings. The van der Waals surface area contributed by atoms with Gasteiger partial charge in [-0.25, -0.2) is 0 Å². The maximum absolute atomic E-state index is 10.2. The molecule has 0 rings (SSSR count). The van der Waals surface area contributed by atoms with Crippen LogP contribution in [0.2, 0.25) is 12.1 Å². The van der Waals surface area contributed by atoms with Crippen LogP contribution < -0.4 is 0 Å². The van der Waals surface area contributed by atoms with E-state index >= 15 is 0 Å². The van der Waals surface area contributed by atoms with Gasteiger partial charge in [0, 0.05) is 77.4 Å². The van der Waals surface area contributed by atoms with E-state index in [1.54, 1.807) is 0 Å². The average molecular weight is 603 g/mol. The molecule has 0 saturated heterocycles. The number of aliphatic hydroxyl groups is 4. The van der Waals surface area contributed by atoms with E-state index in [1.807, 2.05) is 41.5 Å². The third kappa shape index (κ3) is 15.7. The van der Waals surface area contributed by atoms with Gasteiger partial charge in [0.15, 0.2) is 0 Å². The van der Waals surface area contributed by atoms with Crippen molar-refractivity contribution in [2.45, 2.75) is 91.5 Å². The van der Waals surface area contributed by atoms with Crippen LogP contribution in [0.3, 0.4) is 0 Å². The molecule has 0 aromatic carbocycles. The summed E-state index contributed by atoms with van der Waals surface area (Å²) in [6.07, 6.45) is 0.724. The Balaban J connectivity index is 5.96. The fraction of sp³-hybridized carbons (Fsp3) is 1.00. The molecule has 11 nitrogen and oxygen atoms in total. The first-order valence-electron chi connectivity index (χ1n) is 15.0. The lowest BCUT2D eigenvalue weighted by Gasteiger charge is -2.41. The molecule has 2 atom stereocenters. The molecule has 0 aromatic rings. The van der Waals surface area contributed by atoms with Crippen LogP contribution in [0.5, 0.6) is 0 Å². The lowest BCUT2D eigenvalue weighted by Crippen LogP contribution is -2.54. The molecule has 0 aliphatic heterocycles. The minimum atomic E-state index is -2.83. The standard InChI is InChI=1S/C26H60NO10Si2/c1-7-32-38(33-8-2,34-9-3)21-13-17-27(19-15-25(30)23-28,20-16-26(31)24-29)18-14-22-39(35-10-4,36-11-5)37-12-6/h25-26,28-31H,7-24H2,1-6H3/q+1. The molecule has 0 bridgehead atoms. The summed E-state index contributed by atoms with van der Waals surface area (Å²) in [5.41, 5.74) is 0. The maximum Gasteiger partial charge on any atom is 0.501 e. The van der Waals surface area contributed by atoms with Crippen LogP contribution in [-0.2, 0) is 26.6 Å². The van der Waals surface area contributed by atoms with Gasteiger partial charge < -0.3 is 51.5 Å². The van der Waals surface area contributed by atoms with Crippen molar-refractivity contribution in [2.75, 3.05) is 79.0 Å². The molecule has 0 aliphatic rings. The van der Waals surface area contributed by atoms with Gasteiger partial charge in [0.25, 0.3) is 0 Å². The summed E-state index contributed by atoms with van der Waals surface area (Å²) in [6.45, 7) is 16.8. The molecule has 236 valence electrons. The van der Waals surface area contributed by atoms with Crippen LogP contribution in [0.15, 0.2) is 0 Å². The summed E-state index contributed by atoms with van der Waals surface area (Å²) in [4.78, 5) is 0. The fourth-order valence-corrected chi connectivity index (χ4v) is 10.2. The monoisotopic (exact) mass is 602 g/mol. The smallest absolute Gasteiger partial charge is 0.394 e. The van der Waals surface area contributed by atoms with Gasteiger partial charge in [-0.15, -0.1) is 0 Å². The fourth-order valence-electron chi connectivity index (χ4n) is 4.96. The highest BCUT2D eigenvalue weighted by Crippen LogP contribution is 2.25. The first-order chi connectivity index (χ1) is 18.7. The third-order valence-electron chi connectivity index (χ3n) is 6.71. The molecule has 4 N–H and O–H groups in total. The minimum absolute atomic E-state index is 0.302. The Morgan fingerprint density at radius 1 is 0.513 bits per heavy atom. The summed E-state index contributed by atoms with van der Waals surface area (Å²) in [7, 11) is -5.67. The van der Waals surface area contributed by atoms with Crippen LogP contribution in [0.1, 0.15) is 67.2 Å². The van der Waals surface area contributed by atoms with Gasteiger partial charge in [0.1, 0.15) is 0 Å². The molecule has 0 amide bonds. The van der Waals surface area contributed by atoms with Gasteiger partial charge in [0.05, 0.1) is 51.6 Å². The molecule has 0 aliphatic carbocycles. The Labute approximate surface area is 239 Å². The Kier molecular flexibility index (Phi) is 22.6. The summed E-state index contributed by atoms with van der Waals surface area (Å²) >= 11 is 0. The highest BCUT2D eigenvalue weighted by Gasteiger charge is 2.43.